The Balaban J connectivity index is 1.84. The third kappa shape index (κ3) is 2.34. The molecule has 2 heterocycles. The van der Waals surface area contributed by atoms with Crippen LogP contribution in [0.2, 0.25) is 0 Å². The van der Waals surface area contributed by atoms with Crippen LogP contribution in [-0.2, 0) is 0 Å². The van der Waals surface area contributed by atoms with Crippen LogP contribution in [0.4, 0.5) is 0 Å². The molecule has 0 atom stereocenters. The normalized spacial score (nSPS) is 13.4. The van der Waals surface area contributed by atoms with Gasteiger partial charge in [0.15, 0.2) is 11.5 Å². The van der Waals surface area contributed by atoms with E-state index in [0.29, 0.717) is 13.2 Å². The predicted octanol–water partition coefficient (Wildman–Crippen LogP) is 2.40. The van der Waals surface area contributed by atoms with Crippen LogP contribution in [0.3, 0.4) is 0 Å². The van der Waals surface area contributed by atoms with Gasteiger partial charge >= 0.3 is 0 Å². The summed E-state index contributed by atoms with van der Waals surface area (Å²) in [7, 11) is 0. The van der Waals surface area contributed by atoms with Crippen molar-refractivity contribution >= 4 is 11.8 Å². The summed E-state index contributed by atoms with van der Waals surface area (Å²) in [5.41, 5.74) is 0. The highest BCUT2D eigenvalue weighted by molar-refractivity contribution is 7.99. The van der Waals surface area contributed by atoms with Crippen molar-refractivity contribution in [1.82, 2.24) is 9.97 Å². The molecule has 1 aromatic heterocycles. The Morgan fingerprint density at radius 3 is 2.76 bits per heavy atom. The molecule has 0 bridgehead atoms. The third-order valence-electron chi connectivity index (χ3n) is 2.28. The van der Waals surface area contributed by atoms with Crippen molar-refractivity contribution in [3.8, 4) is 11.5 Å². The molecule has 86 valence electrons. The van der Waals surface area contributed by atoms with Gasteiger partial charge in [-0.2, -0.15) is 0 Å². The van der Waals surface area contributed by atoms with Crippen LogP contribution < -0.4 is 9.47 Å². The average molecular weight is 246 g/mol. The summed E-state index contributed by atoms with van der Waals surface area (Å²) in [4.78, 5) is 9.31. The van der Waals surface area contributed by atoms with Crippen molar-refractivity contribution in [2.24, 2.45) is 0 Å². The molecular formula is C12H10N2O2S. The Hall–Kier alpha value is -1.75. The smallest absolute Gasteiger partial charge is 0.162 e. The zero-order chi connectivity index (χ0) is 11.5. The molecule has 0 unspecified atom stereocenters. The van der Waals surface area contributed by atoms with Crippen LogP contribution in [0.25, 0.3) is 0 Å². The van der Waals surface area contributed by atoms with E-state index in [1.165, 1.54) is 0 Å². The lowest BCUT2D eigenvalue weighted by molar-refractivity contribution is 0.171. The first-order chi connectivity index (χ1) is 8.42. The topological polar surface area (TPSA) is 44.2 Å². The molecule has 0 amide bonds. The maximum Gasteiger partial charge on any atom is 0.162 e. The molecule has 0 radical (unpaired) electrons. The Morgan fingerprint density at radius 1 is 1.06 bits per heavy atom. The maximum absolute atomic E-state index is 5.53. The van der Waals surface area contributed by atoms with Gasteiger partial charge in [-0.1, -0.05) is 11.8 Å². The second kappa shape index (κ2) is 4.63. The van der Waals surface area contributed by atoms with Crippen molar-refractivity contribution in [3.63, 3.8) is 0 Å². The number of aromatic nitrogens is 2. The van der Waals surface area contributed by atoms with E-state index in [4.69, 9.17) is 9.47 Å². The minimum Gasteiger partial charge on any atom is -0.486 e. The number of hydrogen-bond donors (Lipinski definition) is 0. The highest BCUT2D eigenvalue weighted by Gasteiger charge is 2.12. The summed E-state index contributed by atoms with van der Waals surface area (Å²) in [6.45, 7) is 1.22. The van der Waals surface area contributed by atoms with Gasteiger partial charge in [-0.15, -0.1) is 0 Å². The molecular weight excluding hydrogens is 236 g/mol. The molecule has 1 aromatic carbocycles. The zero-order valence-electron chi connectivity index (χ0n) is 9.00. The lowest BCUT2D eigenvalue weighted by atomic mass is 10.3. The standard InChI is InChI=1S/C12H10N2O2S/c1-2-10-11(16-6-5-15-10)7-9(1)17-12-8-13-3-4-14-12/h1-4,7-8H,5-6H2. The predicted molar refractivity (Wildman–Crippen MR) is 63.6 cm³/mol. The first kappa shape index (κ1) is 10.4. The lowest BCUT2D eigenvalue weighted by Gasteiger charge is -2.18. The molecule has 0 fully saturated rings. The Kier molecular flexibility index (Phi) is 2.83. The van der Waals surface area contributed by atoms with Crippen LogP contribution in [-0.4, -0.2) is 23.2 Å². The molecule has 17 heavy (non-hydrogen) atoms. The fraction of sp³-hybridized carbons (Fsp3) is 0.167. The second-order valence-electron chi connectivity index (χ2n) is 3.45. The van der Waals surface area contributed by atoms with Gasteiger partial charge < -0.3 is 9.47 Å². The summed E-state index contributed by atoms with van der Waals surface area (Å²) < 4.78 is 11.0. The zero-order valence-corrected chi connectivity index (χ0v) is 9.81. The Labute approximate surface area is 103 Å². The minimum absolute atomic E-state index is 0.603. The summed E-state index contributed by atoms with van der Waals surface area (Å²) in [5, 5.41) is 0.865. The van der Waals surface area contributed by atoms with Gasteiger partial charge in [0.1, 0.15) is 18.2 Å². The van der Waals surface area contributed by atoms with E-state index in [0.717, 1.165) is 21.4 Å². The molecule has 1 aliphatic heterocycles. The van der Waals surface area contributed by atoms with Gasteiger partial charge in [-0.3, -0.25) is 4.98 Å². The number of fused-ring (bicyclic) bond motifs is 1. The largest absolute Gasteiger partial charge is 0.486 e. The van der Waals surface area contributed by atoms with E-state index in [2.05, 4.69) is 9.97 Å². The highest BCUT2D eigenvalue weighted by atomic mass is 32.2. The van der Waals surface area contributed by atoms with E-state index >= 15 is 0 Å². The van der Waals surface area contributed by atoms with Gasteiger partial charge in [0, 0.05) is 17.3 Å². The van der Waals surface area contributed by atoms with E-state index in [-0.39, 0.29) is 0 Å². The fourth-order valence-corrected chi connectivity index (χ4v) is 2.32. The highest BCUT2D eigenvalue weighted by Crippen LogP contribution is 2.35. The van der Waals surface area contributed by atoms with E-state index in [1.807, 2.05) is 18.2 Å². The number of hydrogen-bond acceptors (Lipinski definition) is 5. The van der Waals surface area contributed by atoms with E-state index in [9.17, 15) is 0 Å². The minimum atomic E-state index is 0.603. The number of nitrogens with zero attached hydrogens (tertiary/aromatic N) is 2. The van der Waals surface area contributed by atoms with Crippen molar-refractivity contribution in [3.05, 3.63) is 36.8 Å². The first-order valence-corrected chi connectivity index (χ1v) is 6.07. The van der Waals surface area contributed by atoms with Crippen LogP contribution >= 0.6 is 11.8 Å². The number of ether oxygens (including phenoxy) is 2. The summed E-state index contributed by atoms with van der Waals surface area (Å²) in [6, 6.07) is 5.88. The molecule has 0 N–H and O–H groups in total. The SMILES string of the molecule is c1cnc(Sc2ccc3c(c2)OCCO3)cn1. The van der Waals surface area contributed by atoms with Crippen molar-refractivity contribution in [1.29, 1.82) is 0 Å². The molecule has 2 aromatic rings. The van der Waals surface area contributed by atoms with Gasteiger partial charge in [0.05, 0.1) is 6.20 Å². The van der Waals surface area contributed by atoms with Gasteiger partial charge in [-0.05, 0) is 18.2 Å². The molecule has 0 saturated heterocycles. The molecule has 4 nitrogen and oxygen atoms in total. The van der Waals surface area contributed by atoms with Crippen molar-refractivity contribution in [2.75, 3.05) is 13.2 Å². The lowest BCUT2D eigenvalue weighted by Crippen LogP contribution is -2.15. The summed E-state index contributed by atoms with van der Waals surface area (Å²) in [5.74, 6) is 1.60. The van der Waals surface area contributed by atoms with Crippen molar-refractivity contribution in [2.45, 2.75) is 9.92 Å². The van der Waals surface area contributed by atoms with Gasteiger partial charge in [-0.25, -0.2) is 4.98 Å². The third-order valence-corrected chi connectivity index (χ3v) is 3.19. The van der Waals surface area contributed by atoms with Crippen LogP contribution in [0.15, 0.2) is 46.7 Å². The molecule has 1 aliphatic rings. The monoisotopic (exact) mass is 246 g/mol. The van der Waals surface area contributed by atoms with Crippen LogP contribution in [0.5, 0.6) is 11.5 Å². The number of rotatable bonds is 2. The van der Waals surface area contributed by atoms with E-state index < -0.39 is 0 Å². The fourth-order valence-electron chi connectivity index (χ4n) is 1.55. The first-order valence-electron chi connectivity index (χ1n) is 5.25. The Bertz CT molecular complexity index is 519. The average Bonchev–Trinajstić information content (AvgIpc) is 2.40. The molecule has 0 spiro atoms. The molecule has 3 rings (SSSR count). The van der Waals surface area contributed by atoms with Gasteiger partial charge in [0.25, 0.3) is 0 Å². The molecule has 0 saturated carbocycles. The van der Waals surface area contributed by atoms with E-state index in [1.54, 1.807) is 30.4 Å². The van der Waals surface area contributed by atoms with Gasteiger partial charge in [0.2, 0.25) is 0 Å². The maximum atomic E-state index is 5.53. The Morgan fingerprint density at radius 2 is 1.94 bits per heavy atom. The second-order valence-corrected chi connectivity index (χ2v) is 4.54. The quantitative estimate of drug-likeness (QED) is 0.814. The van der Waals surface area contributed by atoms with Crippen LogP contribution in [0, 0.1) is 0 Å². The summed E-state index contributed by atoms with van der Waals surface area (Å²) >= 11 is 1.55. The number of benzene rings is 1. The van der Waals surface area contributed by atoms with Crippen molar-refractivity contribution < 1.29 is 9.47 Å². The molecule has 0 aliphatic carbocycles. The summed E-state index contributed by atoms with van der Waals surface area (Å²) in [6.07, 6.45) is 5.08. The molecule has 5 heteroatoms. The van der Waals surface area contributed by atoms with Crippen LogP contribution in [0.1, 0.15) is 0 Å².